The number of nitrogens with zero attached hydrogens (tertiary/aromatic N) is 5. The van der Waals surface area contributed by atoms with Crippen molar-refractivity contribution in [1.29, 1.82) is 0 Å². The lowest BCUT2D eigenvalue weighted by Gasteiger charge is -2.28. The third kappa shape index (κ3) is 6.26. The Morgan fingerprint density at radius 1 is 1.09 bits per heavy atom. The second-order valence-corrected chi connectivity index (χ2v) is 9.88. The number of sulfone groups is 1. The summed E-state index contributed by atoms with van der Waals surface area (Å²) < 4.78 is 30.7. The van der Waals surface area contributed by atoms with Gasteiger partial charge < -0.3 is 15.0 Å². The molecule has 33 heavy (non-hydrogen) atoms. The van der Waals surface area contributed by atoms with E-state index in [1.807, 2.05) is 0 Å². The number of nitrogens with one attached hydrogen (secondary N) is 2. The number of carbonyl (C=O) groups is 1. The molecule has 0 bridgehead atoms. The van der Waals surface area contributed by atoms with Gasteiger partial charge in [0.2, 0.25) is 0 Å². The lowest BCUT2D eigenvalue weighted by molar-refractivity contribution is 0.122. The SMILES string of the molecule is Cn1ccc(NC(=O)Nc2ccc(-c3nc(CS(C)(=O)=O)cc(N4CCOCC4)n3)cc2)n1. The number of morpholine rings is 1. The molecule has 2 amide bonds. The molecule has 2 aromatic heterocycles. The van der Waals surface area contributed by atoms with Gasteiger partial charge in [-0.2, -0.15) is 5.10 Å². The van der Waals surface area contributed by atoms with E-state index in [0.717, 1.165) is 0 Å². The van der Waals surface area contributed by atoms with Crippen molar-refractivity contribution in [3.05, 3.63) is 48.3 Å². The number of carbonyl (C=O) groups excluding carboxylic acids is 1. The van der Waals surface area contributed by atoms with Crippen LogP contribution in [0, 0.1) is 0 Å². The number of amides is 2. The number of anilines is 3. The number of rotatable bonds is 6. The molecule has 0 aliphatic carbocycles. The lowest BCUT2D eigenvalue weighted by Crippen LogP contribution is -2.37. The highest BCUT2D eigenvalue weighted by molar-refractivity contribution is 7.89. The molecule has 0 saturated carbocycles. The maximum Gasteiger partial charge on any atom is 0.324 e. The average molecular weight is 472 g/mol. The van der Waals surface area contributed by atoms with Crippen LogP contribution in [0.3, 0.4) is 0 Å². The van der Waals surface area contributed by atoms with E-state index in [9.17, 15) is 13.2 Å². The van der Waals surface area contributed by atoms with Gasteiger partial charge in [-0.05, 0) is 24.3 Å². The van der Waals surface area contributed by atoms with Crippen molar-refractivity contribution in [3.8, 4) is 11.4 Å². The molecule has 3 aromatic rings. The van der Waals surface area contributed by atoms with E-state index in [1.54, 1.807) is 54.3 Å². The fourth-order valence-electron chi connectivity index (χ4n) is 3.37. The summed E-state index contributed by atoms with van der Waals surface area (Å²) in [6.07, 6.45) is 2.91. The van der Waals surface area contributed by atoms with Gasteiger partial charge in [-0.3, -0.25) is 10.00 Å². The lowest BCUT2D eigenvalue weighted by atomic mass is 10.2. The second-order valence-electron chi connectivity index (χ2n) is 7.74. The minimum absolute atomic E-state index is 0.173. The molecule has 12 heteroatoms. The summed E-state index contributed by atoms with van der Waals surface area (Å²) in [5, 5.41) is 9.49. The standard InChI is InChI=1S/C21H25N7O4S/c1-27-8-7-18(26-27)24-21(29)23-16-5-3-15(4-6-16)20-22-17(14-33(2,30)31)13-19(25-20)28-9-11-32-12-10-28/h3-8,13H,9-12,14H2,1-2H3,(H2,23,24,26,29). The van der Waals surface area contributed by atoms with E-state index in [4.69, 9.17) is 4.74 Å². The molecule has 0 atom stereocenters. The predicted molar refractivity (Wildman–Crippen MR) is 125 cm³/mol. The molecule has 1 aromatic carbocycles. The van der Waals surface area contributed by atoms with Crippen molar-refractivity contribution in [2.45, 2.75) is 5.75 Å². The van der Waals surface area contributed by atoms with Crippen LogP contribution in [0.15, 0.2) is 42.6 Å². The Hall–Kier alpha value is -3.51. The summed E-state index contributed by atoms with van der Waals surface area (Å²) in [4.78, 5) is 23.4. The van der Waals surface area contributed by atoms with E-state index in [0.29, 0.717) is 60.7 Å². The number of ether oxygens (including phenoxy) is 1. The van der Waals surface area contributed by atoms with E-state index in [-0.39, 0.29) is 5.75 Å². The van der Waals surface area contributed by atoms with Crippen LogP contribution in [0.5, 0.6) is 0 Å². The summed E-state index contributed by atoms with van der Waals surface area (Å²) in [6.45, 7) is 2.51. The average Bonchev–Trinajstić information content (AvgIpc) is 3.17. The molecule has 0 unspecified atom stereocenters. The van der Waals surface area contributed by atoms with Gasteiger partial charge >= 0.3 is 6.03 Å². The zero-order valence-electron chi connectivity index (χ0n) is 18.4. The van der Waals surface area contributed by atoms with Crippen molar-refractivity contribution in [1.82, 2.24) is 19.7 Å². The molecular weight excluding hydrogens is 446 g/mol. The molecule has 1 fully saturated rings. The Labute approximate surface area is 191 Å². The number of urea groups is 1. The molecule has 0 radical (unpaired) electrons. The number of benzene rings is 1. The minimum atomic E-state index is -3.26. The van der Waals surface area contributed by atoms with Crippen LogP contribution in [0.2, 0.25) is 0 Å². The predicted octanol–water partition coefficient (Wildman–Crippen LogP) is 1.90. The van der Waals surface area contributed by atoms with Crippen molar-refractivity contribution in [2.24, 2.45) is 7.05 Å². The van der Waals surface area contributed by atoms with Crippen molar-refractivity contribution in [3.63, 3.8) is 0 Å². The van der Waals surface area contributed by atoms with E-state index < -0.39 is 15.9 Å². The summed E-state index contributed by atoms with van der Waals surface area (Å²) in [6, 6.07) is 10.0. The van der Waals surface area contributed by atoms with Gasteiger partial charge in [0.1, 0.15) is 5.82 Å². The summed E-state index contributed by atoms with van der Waals surface area (Å²) in [7, 11) is -1.50. The van der Waals surface area contributed by atoms with Gasteiger partial charge in [-0.15, -0.1) is 0 Å². The Morgan fingerprint density at radius 3 is 2.45 bits per heavy atom. The number of aromatic nitrogens is 4. The highest BCUT2D eigenvalue weighted by atomic mass is 32.2. The third-order valence-corrected chi connectivity index (χ3v) is 5.69. The smallest absolute Gasteiger partial charge is 0.324 e. The Morgan fingerprint density at radius 2 is 1.82 bits per heavy atom. The molecule has 1 aliphatic heterocycles. The summed E-state index contributed by atoms with van der Waals surface area (Å²) in [5.41, 5.74) is 1.71. The van der Waals surface area contributed by atoms with E-state index in [1.165, 1.54) is 6.26 Å². The van der Waals surface area contributed by atoms with Crippen LogP contribution >= 0.6 is 0 Å². The van der Waals surface area contributed by atoms with Crippen LogP contribution in [-0.2, 0) is 27.4 Å². The topological polar surface area (TPSA) is 131 Å². The number of aryl methyl sites for hydroxylation is 1. The molecule has 1 saturated heterocycles. The Kier molecular flexibility index (Phi) is 6.56. The first-order valence-electron chi connectivity index (χ1n) is 10.3. The molecule has 174 valence electrons. The van der Waals surface area contributed by atoms with Gasteiger partial charge in [-0.25, -0.2) is 23.2 Å². The van der Waals surface area contributed by atoms with Gasteiger partial charge in [0.15, 0.2) is 21.5 Å². The monoisotopic (exact) mass is 471 g/mol. The van der Waals surface area contributed by atoms with E-state index >= 15 is 0 Å². The molecule has 11 nitrogen and oxygen atoms in total. The first kappa shape index (κ1) is 22.7. The minimum Gasteiger partial charge on any atom is -0.378 e. The number of hydrogen-bond donors (Lipinski definition) is 2. The van der Waals surface area contributed by atoms with E-state index in [2.05, 4.69) is 30.6 Å². The number of hydrogen-bond acceptors (Lipinski definition) is 8. The zero-order valence-corrected chi connectivity index (χ0v) is 19.2. The quantitative estimate of drug-likeness (QED) is 0.557. The van der Waals surface area contributed by atoms with Gasteiger partial charge in [0.05, 0.1) is 24.7 Å². The third-order valence-electron chi connectivity index (χ3n) is 4.87. The highest BCUT2D eigenvalue weighted by Crippen LogP contribution is 2.23. The normalized spacial score (nSPS) is 14.2. The van der Waals surface area contributed by atoms with Crippen molar-refractivity contribution < 1.29 is 17.9 Å². The van der Waals surface area contributed by atoms with Crippen LogP contribution in [0.1, 0.15) is 5.69 Å². The first-order valence-corrected chi connectivity index (χ1v) is 12.4. The second kappa shape index (κ2) is 9.55. The first-order chi connectivity index (χ1) is 15.7. The largest absolute Gasteiger partial charge is 0.378 e. The van der Waals surface area contributed by atoms with Crippen LogP contribution in [0.4, 0.5) is 22.1 Å². The van der Waals surface area contributed by atoms with Crippen LogP contribution in [0.25, 0.3) is 11.4 Å². The molecule has 3 heterocycles. The molecule has 1 aliphatic rings. The fourth-order valence-corrected chi connectivity index (χ4v) is 4.06. The maximum absolute atomic E-state index is 12.2. The molecule has 0 spiro atoms. The Balaban J connectivity index is 1.54. The fraction of sp³-hybridized carbons (Fsp3) is 0.333. The van der Waals surface area contributed by atoms with Gasteiger partial charge in [0.25, 0.3) is 0 Å². The van der Waals surface area contributed by atoms with Crippen molar-refractivity contribution >= 4 is 33.2 Å². The Bertz CT molecular complexity index is 1240. The van der Waals surface area contributed by atoms with Gasteiger partial charge in [0, 0.05) is 56.0 Å². The van der Waals surface area contributed by atoms with Crippen molar-refractivity contribution in [2.75, 3.05) is 48.1 Å². The van der Waals surface area contributed by atoms with Crippen LogP contribution < -0.4 is 15.5 Å². The maximum atomic E-state index is 12.2. The summed E-state index contributed by atoms with van der Waals surface area (Å²) >= 11 is 0. The molecule has 4 rings (SSSR count). The zero-order chi connectivity index (χ0) is 23.4. The van der Waals surface area contributed by atoms with Crippen LogP contribution in [-0.4, -0.2) is 66.8 Å². The van der Waals surface area contributed by atoms with Gasteiger partial charge in [-0.1, -0.05) is 0 Å². The molecule has 2 N–H and O–H groups in total. The highest BCUT2D eigenvalue weighted by Gasteiger charge is 2.17. The molecular formula is C21H25N7O4S. The summed E-state index contributed by atoms with van der Waals surface area (Å²) in [5.74, 6) is 1.35.